The monoisotopic (exact) mass is 662 g/mol. The molecule has 0 heterocycles. The first-order valence-corrected chi connectivity index (χ1v) is 19.2. The topological polar surface area (TPSA) is 116 Å². The van der Waals surface area contributed by atoms with Crippen molar-refractivity contribution in [3.05, 3.63) is 29.8 Å². The van der Waals surface area contributed by atoms with Crippen LogP contribution in [0.5, 0.6) is 0 Å². The molecule has 9 heteroatoms. The van der Waals surface area contributed by atoms with Crippen molar-refractivity contribution >= 4 is 16.1 Å². The van der Waals surface area contributed by atoms with Crippen LogP contribution in [0.4, 0.5) is 9.18 Å². The zero-order chi connectivity index (χ0) is 34.0. The number of hydrogen-bond acceptors (Lipinski definition) is 5. The average Bonchev–Trinajstić information content (AvgIpc) is 3.34. The number of carbonyl (C=O) groups is 1. The van der Waals surface area contributed by atoms with E-state index in [1.165, 1.54) is 12.1 Å². The summed E-state index contributed by atoms with van der Waals surface area (Å²) in [6.07, 6.45) is 3.90. The number of urea groups is 1. The third-order valence-electron chi connectivity index (χ3n) is 14.2. The maximum atomic E-state index is 16.0. The Morgan fingerprint density at radius 1 is 1.02 bits per heavy atom. The summed E-state index contributed by atoms with van der Waals surface area (Å²) in [5.41, 5.74) is -0.0777. The summed E-state index contributed by atoms with van der Waals surface area (Å²) in [7, 11) is -3.98. The predicted octanol–water partition coefficient (Wildman–Crippen LogP) is 6.96. The lowest BCUT2D eigenvalue weighted by atomic mass is 9.36. The molecule has 0 bridgehead atoms. The SMILES string of the molecule is CC[C@H]1[C@@H](O)C2C(CC[C@@]3(C)C2CCC3[C@H](C)CCNC(=O)NS(=O)(=O)c2ccc(C(C)(C)C)cc2)C2(C)CC[C@@H](O)[C@H](F)[C@@]12C. The number of rotatable bonds is 7. The van der Waals surface area contributed by atoms with E-state index in [4.69, 9.17) is 0 Å². The molecule has 0 radical (unpaired) electrons. The molecule has 7 nitrogen and oxygen atoms in total. The van der Waals surface area contributed by atoms with Gasteiger partial charge in [-0.15, -0.1) is 0 Å². The molecule has 4 N–H and O–H groups in total. The van der Waals surface area contributed by atoms with Gasteiger partial charge in [0, 0.05) is 12.0 Å². The van der Waals surface area contributed by atoms with Crippen molar-refractivity contribution in [1.29, 1.82) is 0 Å². The van der Waals surface area contributed by atoms with Crippen molar-refractivity contribution in [2.45, 2.75) is 135 Å². The minimum Gasteiger partial charge on any atom is -0.393 e. The lowest BCUT2D eigenvalue weighted by Crippen LogP contribution is -2.70. The fourth-order valence-corrected chi connectivity index (χ4v) is 12.4. The number of carbonyl (C=O) groups excluding carboxylic acids is 1. The first-order chi connectivity index (χ1) is 21.3. The fourth-order valence-electron chi connectivity index (χ4n) is 11.4. The summed E-state index contributed by atoms with van der Waals surface area (Å²) in [5, 5.41) is 25.4. The van der Waals surface area contributed by atoms with E-state index >= 15 is 4.39 Å². The van der Waals surface area contributed by atoms with Gasteiger partial charge in [0.15, 0.2) is 0 Å². The van der Waals surface area contributed by atoms with Crippen LogP contribution in [0.1, 0.15) is 112 Å². The minimum absolute atomic E-state index is 0.0398. The molecule has 46 heavy (non-hydrogen) atoms. The van der Waals surface area contributed by atoms with Crippen molar-refractivity contribution in [3.63, 3.8) is 0 Å². The van der Waals surface area contributed by atoms with Gasteiger partial charge >= 0.3 is 6.03 Å². The molecule has 12 atom stereocenters. The highest BCUT2D eigenvalue weighted by Gasteiger charge is 2.71. The standard InChI is InChI=1S/C37H59FN2O5S/c1-9-25-31(42)30-27-15-14-26(35(27,6)19-16-28(30)36(7)20-17-29(41)32(38)37(25,36)8)22(2)18-21-39-33(43)40-46(44,45)24-12-10-23(11-13-24)34(3,4)5/h10-13,22,25-32,41-42H,9,14-21H2,1-8H3,(H2,39,40,43)/t22-,25+,26?,27?,28?,29-,30?,31-,32+,35-,36?,37-/m1/s1. The van der Waals surface area contributed by atoms with Gasteiger partial charge in [-0.3, -0.25) is 0 Å². The molecular weight excluding hydrogens is 603 g/mol. The molecule has 5 rings (SSSR count). The van der Waals surface area contributed by atoms with Gasteiger partial charge in [0.05, 0.1) is 17.1 Å². The summed E-state index contributed by atoms with van der Waals surface area (Å²) < 4.78 is 43.8. The van der Waals surface area contributed by atoms with Crippen LogP contribution in [0, 0.1) is 51.8 Å². The number of aliphatic hydroxyl groups excluding tert-OH is 2. The Bertz CT molecular complexity index is 1380. The minimum atomic E-state index is -3.98. The van der Waals surface area contributed by atoms with Crippen molar-refractivity contribution in [2.75, 3.05) is 6.54 Å². The number of sulfonamides is 1. The van der Waals surface area contributed by atoms with E-state index in [0.29, 0.717) is 37.1 Å². The van der Waals surface area contributed by atoms with Crippen molar-refractivity contribution in [2.24, 2.45) is 51.8 Å². The number of aliphatic hydroxyl groups is 2. The van der Waals surface area contributed by atoms with Gasteiger partial charge in [0.1, 0.15) is 6.17 Å². The van der Waals surface area contributed by atoms with Gasteiger partial charge in [0.25, 0.3) is 10.0 Å². The summed E-state index contributed by atoms with van der Waals surface area (Å²) in [5.74, 6) is 1.22. The first-order valence-electron chi connectivity index (χ1n) is 17.7. The molecular formula is C37H59FN2O5S. The van der Waals surface area contributed by atoms with Crippen LogP contribution in [0.15, 0.2) is 29.2 Å². The van der Waals surface area contributed by atoms with Crippen LogP contribution >= 0.6 is 0 Å². The summed E-state index contributed by atoms with van der Waals surface area (Å²) >= 11 is 0. The quantitative estimate of drug-likeness (QED) is 0.252. The van der Waals surface area contributed by atoms with E-state index in [2.05, 4.69) is 58.5 Å². The molecule has 1 aromatic carbocycles. The van der Waals surface area contributed by atoms with E-state index in [-0.39, 0.29) is 38.9 Å². The number of alkyl halides is 1. The molecule has 4 fully saturated rings. The Balaban J connectivity index is 1.22. The molecule has 0 aliphatic heterocycles. The first kappa shape index (κ1) is 35.6. The summed E-state index contributed by atoms with van der Waals surface area (Å²) in [6, 6.07) is 5.90. The van der Waals surface area contributed by atoms with Crippen molar-refractivity contribution in [3.8, 4) is 0 Å². The van der Waals surface area contributed by atoms with E-state index in [1.54, 1.807) is 12.1 Å². The van der Waals surface area contributed by atoms with Gasteiger partial charge in [0.2, 0.25) is 0 Å². The average molecular weight is 663 g/mol. The molecule has 2 amide bonds. The predicted molar refractivity (Wildman–Crippen MR) is 179 cm³/mol. The van der Waals surface area contributed by atoms with Crippen LogP contribution in [0.25, 0.3) is 0 Å². The highest BCUT2D eigenvalue weighted by molar-refractivity contribution is 7.90. The Hall–Kier alpha value is -1.71. The number of halogens is 1. The zero-order valence-corrected chi connectivity index (χ0v) is 30.1. The molecule has 4 saturated carbocycles. The Morgan fingerprint density at radius 3 is 2.28 bits per heavy atom. The van der Waals surface area contributed by atoms with Gasteiger partial charge in [-0.25, -0.2) is 22.3 Å². The van der Waals surface area contributed by atoms with Crippen LogP contribution in [0.2, 0.25) is 0 Å². The van der Waals surface area contributed by atoms with E-state index < -0.39 is 39.8 Å². The maximum Gasteiger partial charge on any atom is 0.328 e. The second kappa shape index (κ2) is 12.3. The molecule has 5 unspecified atom stereocenters. The highest BCUT2D eigenvalue weighted by atomic mass is 32.2. The number of benzene rings is 1. The highest BCUT2D eigenvalue weighted by Crippen LogP contribution is 2.73. The lowest BCUT2D eigenvalue weighted by molar-refractivity contribution is -0.266. The van der Waals surface area contributed by atoms with Gasteiger partial charge < -0.3 is 15.5 Å². The van der Waals surface area contributed by atoms with Crippen LogP contribution in [-0.2, 0) is 15.4 Å². The second-order valence-corrected chi connectivity index (χ2v) is 18.8. The molecule has 260 valence electrons. The Morgan fingerprint density at radius 2 is 1.67 bits per heavy atom. The van der Waals surface area contributed by atoms with Crippen molar-refractivity contribution < 1.29 is 27.8 Å². The normalized spacial score (nSPS) is 41.5. The molecule has 0 saturated heterocycles. The van der Waals surface area contributed by atoms with Gasteiger partial charge in [-0.05, 0) is 114 Å². The second-order valence-electron chi connectivity index (χ2n) is 17.1. The van der Waals surface area contributed by atoms with E-state index in [9.17, 15) is 23.4 Å². The molecule has 0 aromatic heterocycles. The fraction of sp³-hybridized carbons (Fsp3) is 0.811. The zero-order valence-electron chi connectivity index (χ0n) is 29.3. The molecule has 1 aromatic rings. The largest absolute Gasteiger partial charge is 0.393 e. The summed E-state index contributed by atoms with van der Waals surface area (Å²) in [4.78, 5) is 12.7. The number of nitrogens with one attached hydrogen (secondary N) is 2. The van der Waals surface area contributed by atoms with Crippen LogP contribution < -0.4 is 10.0 Å². The van der Waals surface area contributed by atoms with Crippen LogP contribution in [0.3, 0.4) is 0 Å². The van der Waals surface area contributed by atoms with E-state index in [1.807, 2.05) is 6.92 Å². The third kappa shape index (κ3) is 5.62. The Labute approximate surface area is 276 Å². The molecule has 4 aliphatic rings. The Kier molecular flexibility index (Phi) is 9.53. The number of fused-ring (bicyclic) bond motifs is 5. The van der Waals surface area contributed by atoms with Gasteiger partial charge in [-0.1, -0.05) is 73.9 Å². The number of hydrogen-bond donors (Lipinski definition) is 4. The van der Waals surface area contributed by atoms with Crippen molar-refractivity contribution in [1.82, 2.24) is 10.0 Å². The van der Waals surface area contributed by atoms with E-state index in [0.717, 1.165) is 44.1 Å². The molecule has 4 aliphatic carbocycles. The third-order valence-corrected chi connectivity index (χ3v) is 15.5. The molecule has 0 spiro atoms. The van der Waals surface area contributed by atoms with Gasteiger partial charge in [-0.2, -0.15) is 0 Å². The number of amides is 2. The lowest BCUT2D eigenvalue weighted by Gasteiger charge is -2.69. The smallest absolute Gasteiger partial charge is 0.328 e. The summed E-state index contributed by atoms with van der Waals surface area (Å²) in [6.45, 7) is 17.5. The van der Waals surface area contributed by atoms with Crippen LogP contribution in [-0.4, -0.2) is 49.6 Å². The maximum absolute atomic E-state index is 16.0.